The molecular weight excluding hydrogens is 256 g/mol. The highest BCUT2D eigenvalue weighted by Gasteiger charge is 2.25. The molecule has 0 saturated heterocycles. The van der Waals surface area contributed by atoms with Crippen molar-refractivity contribution in [3.63, 3.8) is 0 Å². The molecule has 2 heterocycles. The van der Waals surface area contributed by atoms with Crippen LogP contribution in [0.4, 0.5) is 5.69 Å². The van der Waals surface area contributed by atoms with Gasteiger partial charge < -0.3 is 15.7 Å². The van der Waals surface area contributed by atoms with Crippen molar-refractivity contribution in [3.05, 3.63) is 41.2 Å². The van der Waals surface area contributed by atoms with Crippen molar-refractivity contribution in [2.24, 2.45) is 7.05 Å². The fourth-order valence-corrected chi connectivity index (χ4v) is 2.58. The molecule has 1 aromatic heterocycles. The van der Waals surface area contributed by atoms with E-state index in [1.807, 2.05) is 6.07 Å². The number of aromatic hydroxyl groups is 1. The maximum Gasteiger partial charge on any atom is 0.274 e. The van der Waals surface area contributed by atoms with Crippen LogP contribution in [-0.2, 0) is 20.0 Å². The van der Waals surface area contributed by atoms with Gasteiger partial charge in [0, 0.05) is 20.1 Å². The Labute approximate surface area is 116 Å². The molecule has 20 heavy (non-hydrogen) atoms. The zero-order valence-electron chi connectivity index (χ0n) is 11.2. The van der Waals surface area contributed by atoms with Crippen LogP contribution >= 0.6 is 0 Å². The number of fused-ring (bicyclic) bond motifs is 1. The lowest BCUT2D eigenvalue weighted by Gasteiger charge is -2.29. The molecular formula is C14H16N4O2. The number of aromatic nitrogens is 2. The van der Waals surface area contributed by atoms with E-state index in [2.05, 4.69) is 5.10 Å². The van der Waals surface area contributed by atoms with Gasteiger partial charge in [-0.2, -0.15) is 5.10 Å². The van der Waals surface area contributed by atoms with Crippen molar-refractivity contribution in [1.82, 2.24) is 14.7 Å². The Kier molecular flexibility index (Phi) is 2.85. The first-order chi connectivity index (χ1) is 9.56. The molecule has 1 amide bonds. The summed E-state index contributed by atoms with van der Waals surface area (Å²) in [6, 6.07) is 5.29. The number of carbonyl (C=O) groups excluding carboxylic acids is 1. The number of hydrogen-bond acceptors (Lipinski definition) is 4. The van der Waals surface area contributed by atoms with Gasteiger partial charge in [0.25, 0.3) is 5.91 Å². The quantitative estimate of drug-likeness (QED) is 0.808. The number of rotatable bonds is 1. The standard InChI is InChI=1S/C14H16N4O2/c1-17-13(12(15)7-16-17)14(20)18-5-4-9-2-3-11(19)6-10(9)8-18/h2-3,6-7,19H,4-5,8,15H2,1H3. The van der Waals surface area contributed by atoms with E-state index < -0.39 is 0 Å². The molecule has 0 spiro atoms. The predicted octanol–water partition coefficient (Wildman–Crippen LogP) is 0.906. The van der Waals surface area contributed by atoms with Crippen LogP contribution in [0.2, 0.25) is 0 Å². The Morgan fingerprint density at radius 1 is 1.40 bits per heavy atom. The first-order valence-electron chi connectivity index (χ1n) is 6.44. The average Bonchev–Trinajstić information content (AvgIpc) is 2.76. The Hall–Kier alpha value is -2.50. The van der Waals surface area contributed by atoms with Crippen LogP contribution in [0.15, 0.2) is 24.4 Å². The molecule has 3 N–H and O–H groups in total. The van der Waals surface area contributed by atoms with E-state index in [0.29, 0.717) is 24.5 Å². The zero-order chi connectivity index (χ0) is 14.3. The van der Waals surface area contributed by atoms with E-state index in [0.717, 1.165) is 12.0 Å². The highest BCUT2D eigenvalue weighted by molar-refractivity contribution is 5.97. The number of carbonyl (C=O) groups is 1. The second-order valence-corrected chi connectivity index (χ2v) is 5.00. The summed E-state index contributed by atoms with van der Waals surface area (Å²) in [6.45, 7) is 1.12. The van der Waals surface area contributed by atoms with Crippen LogP contribution in [0, 0.1) is 0 Å². The lowest BCUT2D eigenvalue weighted by molar-refractivity contribution is 0.0724. The van der Waals surface area contributed by atoms with Crippen molar-refractivity contribution in [2.45, 2.75) is 13.0 Å². The molecule has 0 fully saturated rings. The number of phenolic OH excluding ortho intramolecular Hbond substituents is 1. The maximum atomic E-state index is 12.5. The van der Waals surface area contributed by atoms with Gasteiger partial charge in [-0.3, -0.25) is 9.48 Å². The van der Waals surface area contributed by atoms with Gasteiger partial charge in [-0.15, -0.1) is 0 Å². The minimum atomic E-state index is -0.128. The van der Waals surface area contributed by atoms with E-state index in [1.54, 1.807) is 24.1 Å². The Bertz CT molecular complexity index is 658. The number of benzene rings is 1. The number of phenols is 1. The maximum absolute atomic E-state index is 12.5. The topological polar surface area (TPSA) is 84.4 Å². The van der Waals surface area contributed by atoms with Gasteiger partial charge in [0.1, 0.15) is 11.4 Å². The highest BCUT2D eigenvalue weighted by atomic mass is 16.3. The SMILES string of the molecule is Cn1ncc(N)c1C(=O)N1CCc2ccc(O)cc2C1. The summed E-state index contributed by atoms with van der Waals surface area (Å²) in [5.41, 5.74) is 8.74. The second-order valence-electron chi connectivity index (χ2n) is 5.00. The monoisotopic (exact) mass is 272 g/mol. The molecule has 3 rings (SSSR count). The van der Waals surface area contributed by atoms with Gasteiger partial charge in [0.15, 0.2) is 0 Å². The summed E-state index contributed by atoms with van der Waals surface area (Å²) < 4.78 is 1.50. The van der Waals surface area contributed by atoms with Crippen molar-refractivity contribution in [2.75, 3.05) is 12.3 Å². The Morgan fingerprint density at radius 2 is 2.20 bits per heavy atom. The number of anilines is 1. The van der Waals surface area contributed by atoms with Gasteiger partial charge >= 0.3 is 0 Å². The van der Waals surface area contributed by atoms with Crippen molar-refractivity contribution >= 4 is 11.6 Å². The highest BCUT2D eigenvalue weighted by Crippen LogP contribution is 2.25. The first kappa shape index (κ1) is 12.5. The molecule has 6 nitrogen and oxygen atoms in total. The van der Waals surface area contributed by atoms with Crippen LogP contribution in [0.1, 0.15) is 21.6 Å². The Morgan fingerprint density at radius 3 is 2.90 bits per heavy atom. The van der Waals surface area contributed by atoms with Gasteiger partial charge in [0.2, 0.25) is 0 Å². The number of hydrogen-bond donors (Lipinski definition) is 2. The molecule has 0 atom stereocenters. The third-order valence-electron chi connectivity index (χ3n) is 3.66. The van der Waals surface area contributed by atoms with Gasteiger partial charge in [-0.25, -0.2) is 0 Å². The van der Waals surface area contributed by atoms with E-state index in [-0.39, 0.29) is 11.7 Å². The van der Waals surface area contributed by atoms with Crippen molar-refractivity contribution in [3.8, 4) is 5.75 Å². The third-order valence-corrected chi connectivity index (χ3v) is 3.66. The van der Waals surface area contributed by atoms with Gasteiger partial charge in [0.05, 0.1) is 11.9 Å². The molecule has 0 aliphatic carbocycles. The molecule has 2 aromatic rings. The minimum Gasteiger partial charge on any atom is -0.508 e. The molecule has 1 aliphatic rings. The number of nitrogens with zero attached hydrogens (tertiary/aromatic N) is 3. The molecule has 0 unspecified atom stereocenters. The largest absolute Gasteiger partial charge is 0.508 e. The normalized spacial score (nSPS) is 14.2. The molecule has 1 aliphatic heterocycles. The van der Waals surface area contributed by atoms with Crippen LogP contribution in [0.25, 0.3) is 0 Å². The summed E-state index contributed by atoms with van der Waals surface area (Å²) in [6.07, 6.45) is 2.26. The molecule has 1 aromatic carbocycles. The van der Waals surface area contributed by atoms with E-state index in [4.69, 9.17) is 5.73 Å². The first-order valence-corrected chi connectivity index (χ1v) is 6.44. The lowest BCUT2D eigenvalue weighted by Crippen LogP contribution is -2.37. The van der Waals surface area contributed by atoms with Gasteiger partial charge in [-0.1, -0.05) is 6.07 Å². The van der Waals surface area contributed by atoms with Crippen LogP contribution < -0.4 is 5.73 Å². The van der Waals surface area contributed by atoms with Crippen LogP contribution in [0.3, 0.4) is 0 Å². The zero-order valence-corrected chi connectivity index (χ0v) is 11.2. The summed E-state index contributed by atoms with van der Waals surface area (Å²) >= 11 is 0. The van der Waals surface area contributed by atoms with Crippen molar-refractivity contribution in [1.29, 1.82) is 0 Å². The fourth-order valence-electron chi connectivity index (χ4n) is 2.58. The molecule has 0 saturated carbocycles. The molecule has 6 heteroatoms. The van der Waals surface area contributed by atoms with Crippen molar-refractivity contribution < 1.29 is 9.90 Å². The summed E-state index contributed by atoms with van der Waals surface area (Å²) in [5.74, 6) is 0.0922. The van der Waals surface area contributed by atoms with Gasteiger partial charge in [-0.05, 0) is 29.7 Å². The minimum absolute atomic E-state index is 0.128. The average molecular weight is 272 g/mol. The number of aryl methyl sites for hydroxylation is 1. The second kappa shape index (κ2) is 4.56. The number of nitrogen functional groups attached to an aromatic ring is 1. The smallest absolute Gasteiger partial charge is 0.274 e. The summed E-state index contributed by atoms with van der Waals surface area (Å²) in [5, 5.41) is 13.5. The summed E-state index contributed by atoms with van der Waals surface area (Å²) in [4.78, 5) is 14.3. The van der Waals surface area contributed by atoms with Crippen LogP contribution in [-0.4, -0.2) is 32.2 Å². The third kappa shape index (κ3) is 1.99. The fraction of sp³-hybridized carbons (Fsp3) is 0.286. The van der Waals surface area contributed by atoms with Crippen LogP contribution in [0.5, 0.6) is 5.75 Å². The molecule has 0 bridgehead atoms. The van der Waals surface area contributed by atoms with E-state index in [9.17, 15) is 9.90 Å². The van der Waals surface area contributed by atoms with E-state index >= 15 is 0 Å². The molecule has 0 radical (unpaired) electrons. The van der Waals surface area contributed by atoms with E-state index in [1.165, 1.54) is 16.4 Å². The summed E-state index contributed by atoms with van der Waals surface area (Å²) in [7, 11) is 1.70. The number of amides is 1. The molecule has 104 valence electrons. The number of nitrogens with two attached hydrogens (primary N) is 1. The lowest BCUT2D eigenvalue weighted by atomic mass is 9.99. The Balaban J connectivity index is 1.89. The predicted molar refractivity (Wildman–Crippen MR) is 74.2 cm³/mol.